The van der Waals surface area contributed by atoms with Crippen molar-refractivity contribution in [3.8, 4) is 0 Å². The molecule has 4 heteroatoms. The van der Waals surface area contributed by atoms with Gasteiger partial charge in [0.1, 0.15) is 0 Å². The normalized spacial score (nSPS) is 10.3. The van der Waals surface area contributed by atoms with Gasteiger partial charge in [0.25, 0.3) is 0 Å². The summed E-state index contributed by atoms with van der Waals surface area (Å²) in [5.41, 5.74) is 0.804. The van der Waals surface area contributed by atoms with E-state index in [1.165, 1.54) is 11.3 Å². The minimum absolute atomic E-state index is 0.357. The monoisotopic (exact) mass is 184 g/mol. The van der Waals surface area contributed by atoms with Crippen LogP contribution in [0.25, 0.3) is 0 Å². The fourth-order valence-electron chi connectivity index (χ4n) is 0.826. The van der Waals surface area contributed by atoms with Crippen molar-refractivity contribution >= 4 is 22.8 Å². The number of thiazole rings is 1. The van der Waals surface area contributed by atoms with Gasteiger partial charge in [0, 0.05) is 6.04 Å². The Balaban J connectivity index is 2.82. The Kier molecular flexibility index (Phi) is 2.81. The molecule has 1 aromatic heterocycles. The van der Waals surface area contributed by atoms with Crippen molar-refractivity contribution in [1.29, 1.82) is 0 Å². The van der Waals surface area contributed by atoms with Gasteiger partial charge in [0.05, 0.1) is 10.6 Å². The van der Waals surface area contributed by atoms with Gasteiger partial charge >= 0.3 is 0 Å². The Morgan fingerprint density at radius 1 is 1.58 bits per heavy atom. The molecule has 66 valence electrons. The highest BCUT2D eigenvalue weighted by Gasteiger charge is 2.06. The third-order valence-corrected chi connectivity index (χ3v) is 2.37. The van der Waals surface area contributed by atoms with E-state index in [2.05, 4.69) is 10.3 Å². The van der Waals surface area contributed by atoms with E-state index in [0.717, 1.165) is 17.1 Å². The second kappa shape index (κ2) is 3.67. The van der Waals surface area contributed by atoms with Crippen LogP contribution in [0.2, 0.25) is 0 Å². The van der Waals surface area contributed by atoms with Crippen LogP contribution in [0.15, 0.2) is 0 Å². The Morgan fingerprint density at radius 3 is 2.67 bits per heavy atom. The number of hydrogen-bond acceptors (Lipinski definition) is 4. The number of aldehydes is 1. The van der Waals surface area contributed by atoms with E-state index in [1.807, 2.05) is 20.8 Å². The highest BCUT2D eigenvalue weighted by Crippen LogP contribution is 2.20. The van der Waals surface area contributed by atoms with E-state index in [-0.39, 0.29) is 0 Å². The molecule has 0 amide bonds. The van der Waals surface area contributed by atoms with Gasteiger partial charge in [-0.1, -0.05) is 11.3 Å². The van der Waals surface area contributed by atoms with Crippen LogP contribution in [0.3, 0.4) is 0 Å². The Labute approximate surface area is 75.8 Å². The summed E-state index contributed by atoms with van der Waals surface area (Å²) in [6, 6.07) is 0.357. The van der Waals surface area contributed by atoms with E-state index in [0.29, 0.717) is 10.9 Å². The van der Waals surface area contributed by atoms with E-state index >= 15 is 0 Å². The van der Waals surface area contributed by atoms with E-state index in [9.17, 15) is 4.79 Å². The van der Waals surface area contributed by atoms with Gasteiger partial charge in [-0.05, 0) is 20.8 Å². The van der Waals surface area contributed by atoms with Crippen LogP contribution in [-0.4, -0.2) is 17.3 Å². The zero-order valence-corrected chi connectivity index (χ0v) is 8.23. The molecule has 1 rings (SSSR count). The Bertz CT molecular complexity index is 281. The van der Waals surface area contributed by atoms with Crippen LogP contribution in [0.5, 0.6) is 0 Å². The lowest BCUT2D eigenvalue weighted by Crippen LogP contribution is -2.08. The first-order valence-electron chi connectivity index (χ1n) is 3.82. The molecule has 0 aliphatic rings. The van der Waals surface area contributed by atoms with Crippen LogP contribution < -0.4 is 5.32 Å². The molecule has 1 heterocycles. The van der Waals surface area contributed by atoms with Crippen molar-refractivity contribution in [2.45, 2.75) is 26.8 Å². The third-order valence-electron chi connectivity index (χ3n) is 1.35. The van der Waals surface area contributed by atoms with Crippen molar-refractivity contribution in [2.75, 3.05) is 5.32 Å². The fourth-order valence-corrected chi connectivity index (χ4v) is 1.75. The molecular formula is C8H12N2OS. The van der Waals surface area contributed by atoms with E-state index in [4.69, 9.17) is 0 Å². The quantitative estimate of drug-likeness (QED) is 0.731. The molecule has 1 aromatic rings. The zero-order valence-electron chi connectivity index (χ0n) is 7.42. The largest absolute Gasteiger partial charge is 0.359 e. The number of carbonyl (C=O) groups is 1. The number of hydrogen-bond donors (Lipinski definition) is 1. The number of carbonyl (C=O) groups excluding carboxylic acids is 1. The molecule has 0 atom stereocenters. The molecule has 0 aliphatic carbocycles. The van der Waals surface area contributed by atoms with Gasteiger partial charge in [-0.15, -0.1) is 0 Å². The number of aryl methyl sites for hydroxylation is 1. The van der Waals surface area contributed by atoms with Gasteiger partial charge in [0.15, 0.2) is 11.4 Å². The van der Waals surface area contributed by atoms with Gasteiger partial charge in [-0.2, -0.15) is 0 Å². The number of nitrogens with one attached hydrogen (secondary N) is 1. The molecule has 0 bridgehead atoms. The first-order chi connectivity index (χ1) is 5.63. The summed E-state index contributed by atoms with van der Waals surface area (Å²) >= 11 is 1.40. The summed E-state index contributed by atoms with van der Waals surface area (Å²) in [4.78, 5) is 15.4. The Hall–Kier alpha value is -0.900. The van der Waals surface area contributed by atoms with Crippen LogP contribution >= 0.6 is 11.3 Å². The van der Waals surface area contributed by atoms with E-state index in [1.54, 1.807) is 0 Å². The maximum Gasteiger partial charge on any atom is 0.183 e. The first kappa shape index (κ1) is 9.19. The van der Waals surface area contributed by atoms with Crippen LogP contribution in [0, 0.1) is 6.92 Å². The van der Waals surface area contributed by atoms with Crippen LogP contribution in [0.4, 0.5) is 5.13 Å². The van der Waals surface area contributed by atoms with Crippen molar-refractivity contribution in [3.63, 3.8) is 0 Å². The van der Waals surface area contributed by atoms with Gasteiger partial charge in [0.2, 0.25) is 0 Å². The molecule has 0 aliphatic heterocycles. The average molecular weight is 184 g/mol. The molecular weight excluding hydrogens is 172 g/mol. The van der Waals surface area contributed by atoms with Gasteiger partial charge in [-0.25, -0.2) is 4.98 Å². The number of nitrogens with zero attached hydrogens (tertiary/aromatic N) is 1. The topological polar surface area (TPSA) is 42.0 Å². The molecule has 3 nitrogen and oxygen atoms in total. The highest BCUT2D eigenvalue weighted by molar-refractivity contribution is 7.17. The van der Waals surface area contributed by atoms with Crippen molar-refractivity contribution in [1.82, 2.24) is 4.98 Å². The summed E-state index contributed by atoms with van der Waals surface area (Å²) in [7, 11) is 0. The molecule has 1 N–H and O–H groups in total. The molecule has 0 saturated carbocycles. The van der Waals surface area contributed by atoms with Crippen LogP contribution in [-0.2, 0) is 0 Å². The predicted octanol–water partition coefficient (Wildman–Crippen LogP) is 2.08. The zero-order chi connectivity index (χ0) is 9.14. The summed E-state index contributed by atoms with van der Waals surface area (Å²) in [6.45, 7) is 5.92. The number of anilines is 1. The van der Waals surface area contributed by atoms with Crippen LogP contribution in [0.1, 0.15) is 29.2 Å². The van der Waals surface area contributed by atoms with Crippen molar-refractivity contribution in [3.05, 3.63) is 10.6 Å². The lowest BCUT2D eigenvalue weighted by molar-refractivity contribution is 0.112. The maximum atomic E-state index is 10.5. The summed E-state index contributed by atoms with van der Waals surface area (Å²) in [6.07, 6.45) is 0.846. The van der Waals surface area contributed by atoms with Crippen molar-refractivity contribution < 1.29 is 4.79 Å². The maximum absolute atomic E-state index is 10.5. The van der Waals surface area contributed by atoms with E-state index < -0.39 is 0 Å². The summed E-state index contributed by atoms with van der Waals surface area (Å²) < 4.78 is 0. The van der Waals surface area contributed by atoms with Crippen molar-refractivity contribution in [2.24, 2.45) is 0 Å². The SMILES string of the molecule is Cc1nc(NC(C)C)sc1C=O. The first-order valence-corrected chi connectivity index (χ1v) is 4.64. The molecule has 0 spiro atoms. The minimum atomic E-state index is 0.357. The minimum Gasteiger partial charge on any atom is -0.359 e. The molecule has 0 aromatic carbocycles. The summed E-state index contributed by atoms with van der Waals surface area (Å²) in [5, 5.41) is 3.97. The predicted molar refractivity (Wildman–Crippen MR) is 51.0 cm³/mol. The number of aromatic nitrogens is 1. The molecule has 12 heavy (non-hydrogen) atoms. The average Bonchev–Trinajstić information content (AvgIpc) is 2.29. The molecule has 0 saturated heterocycles. The highest BCUT2D eigenvalue weighted by atomic mass is 32.1. The second-order valence-electron chi connectivity index (χ2n) is 2.89. The molecule has 0 radical (unpaired) electrons. The molecule has 0 unspecified atom stereocenters. The smallest absolute Gasteiger partial charge is 0.183 e. The summed E-state index contributed by atoms with van der Waals surface area (Å²) in [5.74, 6) is 0. The standard InChI is InChI=1S/C8H12N2OS/c1-5(2)9-8-10-6(3)7(4-11)12-8/h4-5H,1-3H3,(H,9,10). The van der Waals surface area contributed by atoms with Gasteiger partial charge < -0.3 is 5.32 Å². The fraction of sp³-hybridized carbons (Fsp3) is 0.500. The second-order valence-corrected chi connectivity index (χ2v) is 3.92. The third kappa shape index (κ3) is 2.04. The Morgan fingerprint density at radius 2 is 2.25 bits per heavy atom. The van der Waals surface area contributed by atoms with Gasteiger partial charge in [-0.3, -0.25) is 4.79 Å². The molecule has 0 fully saturated rings. The number of rotatable bonds is 3. The lowest BCUT2D eigenvalue weighted by Gasteiger charge is -2.03. The lowest BCUT2D eigenvalue weighted by atomic mass is 10.4.